The Labute approximate surface area is 138 Å². The highest BCUT2D eigenvalue weighted by Gasteiger charge is 2.22. The second kappa shape index (κ2) is 6.62. The van der Waals surface area contributed by atoms with Crippen molar-refractivity contribution in [1.29, 1.82) is 0 Å². The van der Waals surface area contributed by atoms with Gasteiger partial charge in [0.25, 0.3) is 10.0 Å². The fourth-order valence-corrected chi connectivity index (χ4v) is 3.59. The minimum atomic E-state index is -3.60. The minimum absolute atomic E-state index is 0.263. The zero-order chi connectivity index (χ0) is 17.2. The SMILES string of the molecule is CCOc1ccc(S(=O)(=O)N(C)c2ccc(C)c(C)c2)cc1C. The highest BCUT2D eigenvalue weighted by atomic mass is 32.2. The molecule has 4 nitrogen and oxygen atoms in total. The van der Waals surface area contributed by atoms with Gasteiger partial charge >= 0.3 is 0 Å². The largest absolute Gasteiger partial charge is 0.494 e. The summed E-state index contributed by atoms with van der Waals surface area (Å²) in [7, 11) is -2.02. The number of ether oxygens (including phenoxy) is 1. The van der Waals surface area contributed by atoms with Gasteiger partial charge in [0, 0.05) is 7.05 Å². The summed E-state index contributed by atoms with van der Waals surface area (Å²) < 4.78 is 32.5. The van der Waals surface area contributed by atoms with Crippen LogP contribution < -0.4 is 9.04 Å². The van der Waals surface area contributed by atoms with E-state index in [0.717, 1.165) is 16.7 Å². The molecule has 0 aliphatic carbocycles. The van der Waals surface area contributed by atoms with Crippen LogP contribution in [0.1, 0.15) is 23.6 Å². The van der Waals surface area contributed by atoms with Crippen LogP contribution in [-0.4, -0.2) is 22.1 Å². The number of hydrogen-bond donors (Lipinski definition) is 0. The molecule has 0 aliphatic rings. The van der Waals surface area contributed by atoms with E-state index in [1.54, 1.807) is 25.2 Å². The molecule has 0 saturated carbocycles. The molecule has 124 valence electrons. The third-order valence-electron chi connectivity index (χ3n) is 3.96. The molecule has 0 aliphatic heterocycles. The second-order valence-corrected chi connectivity index (χ2v) is 7.57. The number of aryl methyl sites for hydroxylation is 3. The summed E-state index contributed by atoms with van der Waals surface area (Å²) in [5.41, 5.74) is 3.66. The molecule has 2 rings (SSSR count). The molecular weight excluding hydrogens is 310 g/mol. The predicted octanol–water partition coefficient (Wildman–Crippen LogP) is 3.84. The molecule has 0 unspecified atom stereocenters. The molecule has 0 spiro atoms. The lowest BCUT2D eigenvalue weighted by Gasteiger charge is -2.21. The Balaban J connectivity index is 2.40. The Morgan fingerprint density at radius 2 is 1.65 bits per heavy atom. The van der Waals surface area contributed by atoms with Gasteiger partial charge in [0.1, 0.15) is 5.75 Å². The number of hydrogen-bond acceptors (Lipinski definition) is 3. The van der Waals surface area contributed by atoms with Gasteiger partial charge < -0.3 is 4.74 Å². The monoisotopic (exact) mass is 333 g/mol. The molecule has 0 amide bonds. The van der Waals surface area contributed by atoms with Crippen LogP contribution in [0.5, 0.6) is 5.75 Å². The summed E-state index contributed by atoms with van der Waals surface area (Å²) in [4.78, 5) is 0.263. The standard InChI is InChI=1S/C18H23NO3S/c1-6-22-18-10-9-17(12-15(18)4)23(20,21)19(5)16-8-7-13(2)14(3)11-16/h7-12H,6H2,1-5H3. The quantitative estimate of drug-likeness (QED) is 0.835. The van der Waals surface area contributed by atoms with E-state index >= 15 is 0 Å². The second-order valence-electron chi connectivity index (χ2n) is 5.60. The molecule has 0 bridgehead atoms. The van der Waals surface area contributed by atoms with Gasteiger partial charge in [-0.25, -0.2) is 8.42 Å². The summed E-state index contributed by atoms with van der Waals surface area (Å²) in [5.74, 6) is 0.709. The number of sulfonamides is 1. The van der Waals surface area contributed by atoms with E-state index in [1.807, 2.05) is 45.9 Å². The Morgan fingerprint density at radius 1 is 0.957 bits per heavy atom. The minimum Gasteiger partial charge on any atom is -0.494 e. The van der Waals surface area contributed by atoms with Crippen molar-refractivity contribution in [2.24, 2.45) is 0 Å². The molecule has 2 aromatic rings. The normalized spacial score (nSPS) is 11.3. The van der Waals surface area contributed by atoms with Crippen molar-refractivity contribution in [3.05, 3.63) is 53.1 Å². The lowest BCUT2D eigenvalue weighted by Crippen LogP contribution is -2.26. The Kier molecular flexibility index (Phi) is 5.00. The van der Waals surface area contributed by atoms with Gasteiger partial charge in [0.15, 0.2) is 0 Å². The molecule has 2 aromatic carbocycles. The van der Waals surface area contributed by atoms with Crippen molar-refractivity contribution < 1.29 is 13.2 Å². The van der Waals surface area contributed by atoms with Crippen molar-refractivity contribution in [3.8, 4) is 5.75 Å². The first kappa shape index (κ1) is 17.3. The van der Waals surface area contributed by atoms with Crippen LogP contribution in [0.4, 0.5) is 5.69 Å². The van der Waals surface area contributed by atoms with Gasteiger partial charge in [0.2, 0.25) is 0 Å². The zero-order valence-electron chi connectivity index (χ0n) is 14.3. The number of benzene rings is 2. The van der Waals surface area contributed by atoms with Gasteiger partial charge in [-0.05, 0) is 74.7 Å². The predicted molar refractivity (Wildman–Crippen MR) is 93.9 cm³/mol. The van der Waals surface area contributed by atoms with Crippen molar-refractivity contribution in [3.63, 3.8) is 0 Å². The van der Waals surface area contributed by atoms with E-state index in [9.17, 15) is 8.42 Å². The number of anilines is 1. The van der Waals surface area contributed by atoms with Crippen molar-refractivity contribution >= 4 is 15.7 Å². The first-order valence-electron chi connectivity index (χ1n) is 7.57. The average molecular weight is 333 g/mol. The molecule has 0 saturated heterocycles. The highest BCUT2D eigenvalue weighted by Crippen LogP contribution is 2.27. The molecule has 5 heteroatoms. The molecule has 0 aromatic heterocycles. The van der Waals surface area contributed by atoms with Crippen LogP contribution in [0.2, 0.25) is 0 Å². The molecule has 23 heavy (non-hydrogen) atoms. The Bertz CT molecular complexity index is 813. The third-order valence-corrected chi connectivity index (χ3v) is 5.74. The first-order chi connectivity index (χ1) is 10.8. The van der Waals surface area contributed by atoms with Crippen molar-refractivity contribution in [1.82, 2.24) is 0 Å². The van der Waals surface area contributed by atoms with Gasteiger partial charge in [-0.15, -0.1) is 0 Å². The highest BCUT2D eigenvalue weighted by molar-refractivity contribution is 7.92. The van der Waals surface area contributed by atoms with Crippen LogP contribution in [0.25, 0.3) is 0 Å². The van der Waals surface area contributed by atoms with Crippen LogP contribution in [0.3, 0.4) is 0 Å². The van der Waals surface area contributed by atoms with Crippen LogP contribution >= 0.6 is 0 Å². The molecule has 0 N–H and O–H groups in total. The van der Waals surface area contributed by atoms with Crippen LogP contribution in [0.15, 0.2) is 41.3 Å². The number of rotatable bonds is 5. The fraction of sp³-hybridized carbons (Fsp3) is 0.333. The van der Waals surface area contributed by atoms with Crippen molar-refractivity contribution in [2.45, 2.75) is 32.6 Å². The third kappa shape index (κ3) is 3.50. The lowest BCUT2D eigenvalue weighted by atomic mass is 10.1. The summed E-state index contributed by atoms with van der Waals surface area (Å²) in [5, 5.41) is 0. The van der Waals surface area contributed by atoms with E-state index in [4.69, 9.17) is 4.74 Å². The molecular formula is C18H23NO3S. The maximum Gasteiger partial charge on any atom is 0.264 e. The number of nitrogens with zero attached hydrogens (tertiary/aromatic N) is 1. The molecule has 0 fully saturated rings. The molecule has 0 atom stereocenters. The van der Waals surface area contributed by atoms with Crippen LogP contribution in [0, 0.1) is 20.8 Å². The maximum absolute atomic E-state index is 12.8. The Hall–Kier alpha value is -2.01. The summed E-state index contributed by atoms with van der Waals surface area (Å²) in [6.07, 6.45) is 0. The van der Waals surface area contributed by atoms with Gasteiger partial charge in [0.05, 0.1) is 17.2 Å². The summed E-state index contributed by atoms with van der Waals surface area (Å²) in [6.45, 7) is 8.27. The molecule has 0 radical (unpaired) electrons. The summed E-state index contributed by atoms with van der Waals surface area (Å²) >= 11 is 0. The maximum atomic E-state index is 12.8. The summed E-state index contributed by atoms with van der Waals surface area (Å²) in [6, 6.07) is 10.6. The molecule has 0 heterocycles. The van der Waals surface area contributed by atoms with E-state index in [1.165, 1.54) is 4.31 Å². The van der Waals surface area contributed by atoms with Gasteiger partial charge in [-0.3, -0.25) is 4.31 Å². The fourth-order valence-electron chi connectivity index (χ4n) is 2.32. The first-order valence-corrected chi connectivity index (χ1v) is 9.01. The average Bonchev–Trinajstić information content (AvgIpc) is 2.51. The topological polar surface area (TPSA) is 46.6 Å². The van der Waals surface area contributed by atoms with Gasteiger partial charge in [-0.2, -0.15) is 0 Å². The van der Waals surface area contributed by atoms with E-state index < -0.39 is 10.0 Å². The lowest BCUT2D eigenvalue weighted by molar-refractivity contribution is 0.337. The van der Waals surface area contributed by atoms with Crippen molar-refractivity contribution in [2.75, 3.05) is 18.0 Å². The smallest absolute Gasteiger partial charge is 0.264 e. The van der Waals surface area contributed by atoms with Crippen LogP contribution in [-0.2, 0) is 10.0 Å². The zero-order valence-corrected chi connectivity index (χ0v) is 15.1. The Morgan fingerprint density at radius 3 is 2.22 bits per heavy atom. The van der Waals surface area contributed by atoms with Gasteiger partial charge in [-0.1, -0.05) is 6.07 Å². The van der Waals surface area contributed by atoms with E-state index in [-0.39, 0.29) is 4.90 Å². The van der Waals surface area contributed by atoms with E-state index in [0.29, 0.717) is 18.0 Å². The van der Waals surface area contributed by atoms with E-state index in [2.05, 4.69) is 0 Å².